The van der Waals surface area contributed by atoms with Crippen molar-refractivity contribution in [3.63, 3.8) is 0 Å². The molecule has 6 atom stereocenters. The number of ketones is 2. The molecule has 3 saturated carbocycles. The highest BCUT2D eigenvalue weighted by Gasteiger charge is 2.61. The third kappa shape index (κ3) is 2.70. The highest BCUT2D eigenvalue weighted by Crippen LogP contribution is 2.64. The lowest BCUT2D eigenvalue weighted by atomic mass is 9.46. The van der Waals surface area contributed by atoms with Crippen LogP contribution in [0.25, 0.3) is 10.4 Å². The van der Waals surface area contributed by atoms with E-state index in [9.17, 15) is 9.59 Å². The van der Waals surface area contributed by atoms with Gasteiger partial charge >= 0.3 is 0 Å². The number of hydrogen-bond acceptors (Lipinski definition) is 3. The zero-order valence-corrected chi connectivity index (χ0v) is 17.5. The molecule has 0 amide bonds. The lowest BCUT2D eigenvalue weighted by Crippen LogP contribution is -2.53. The first-order valence-electron chi connectivity index (χ1n) is 9.57. The number of fused-ring (bicyclic) bond motifs is 5. The molecule has 4 aliphatic rings. The Morgan fingerprint density at radius 1 is 1.37 bits per heavy atom. The minimum atomic E-state index is -0.360. The van der Waals surface area contributed by atoms with Crippen molar-refractivity contribution in [3.8, 4) is 9.85 Å². The predicted octanol–water partition coefficient (Wildman–Crippen LogP) is 4.92. The summed E-state index contributed by atoms with van der Waals surface area (Å²) in [6, 6.07) is -0.334. The molecule has 0 aromatic heterocycles. The largest absolute Gasteiger partial charge is 0.299 e. The van der Waals surface area contributed by atoms with Gasteiger partial charge in [-0.05, 0) is 70.6 Å². The van der Waals surface area contributed by atoms with Crippen LogP contribution in [0.4, 0.5) is 0 Å². The maximum Gasteiger partial charge on any atom is 0.178 e. The minimum Gasteiger partial charge on any atom is -0.299 e. The molecule has 4 aliphatic carbocycles. The van der Waals surface area contributed by atoms with Crippen LogP contribution < -0.4 is 0 Å². The molecule has 0 spiro atoms. The molecule has 5 nitrogen and oxygen atoms in total. The van der Waals surface area contributed by atoms with Gasteiger partial charge in [0.1, 0.15) is 5.78 Å². The van der Waals surface area contributed by atoms with E-state index < -0.39 is 0 Å². The fourth-order valence-corrected chi connectivity index (χ4v) is 6.65. The van der Waals surface area contributed by atoms with Gasteiger partial charge in [0.05, 0.1) is 6.04 Å². The number of hydrogen-bond donors (Lipinski definition) is 0. The highest BCUT2D eigenvalue weighted by atomic mass is 127. The minimum absolute atomic E-state index is 0.0451. The molecule has 0 unspecified atom stereocenters. The van der Waals surface area contributed by atoms with Gasteiger partial charge in [0.25, 0.3) is 0 Å². The Morgan fingerprint density at radius 3 is 2.93 bits per heavy atom. The molecule has 0 saturated heterocycles. The summed E-state index contributed by atoms with van der Waals surface area (Å²) in [5.74, 6) is 4.55. The van der Waals surface area contributed by atoms with Gasteiger partial charge in [0.15, 0.2) is 5.78 Å². The Balaban J connectivity index is 1.85. The summed E-state index contributed by atoms with van der Waals surface area (Å²) in [6.45, 7) is 2.13. The second-order valence-corrected chi connectivity index (χ2v) is 9.11. The number of halogens is 1. The van der Waals surface area contributed by atoms with Crippen LogP contribution in [-0.4, -0.2) is 17.6 Å². The van der Waals surface area contributed by atoms with Gasteiger partial charge in [0, 0.05) is 51.2 Å². The number of azide groups is 1. The van der Waals surface area contributed by atoms with Gasteiger partial charge < -0.3 is 0 Å². The first-order valence-corrected chi connectivity index (χ1v) is 10.7. The van der Waals surface area contributed by atoms with Crippen molar-refractivity contribution in [2.24, 2.45) is 33.7 Å². The zero-order chi connectivity index (χ0) is 19.2. The fourth-order valence-electron chi connectivity index (χ4n) is 6.46. The lowest BCUT2D eigenvalue weighted by molar-refractivity contribution is -0.131. The van der Waals surface area contributed by atoms with Gasteiger partial charge in [-0.2, -0.15) is 0 Å². The van der Waals surface area contributed by atoms with Crippen LogP contribution in [0.15, 0.2) is 28.9 Å². The van der Waals surface area contributed by atoms with E-state index in [-0.39, 0.29) is 22.7 Å². The maximum absolute atomic E-state index is 12.6. The van der Waals surface area contributed by atoms with Gasteiger partial charge in [0.2, 0.25) is 0 Å². The van der Waals surface area contributed by atoms with Crippen molar-refractivity contribution in [1.82, 2.24) is 0 Å². The molecule has 0 bridgehead atoms. The summed E-state index contributed by atoms with van der Waals surface area (Å²) >= 11 is 2.05. The van der Waals surface area contributed by atoms with Gasteiger partial charge in [-0.3, -0.25) is 9.59 Å². The Labute approximate surface area is 172 Å². The van der Waals surface area contributed by atoms with Crippen molar-refractivity contribution in [2.45, 2.75) is 51.5 Å². The van der Waals surface area contributed by atoms with Crippen molar-refractivity contribution in [2.75, 3.05) is 0 Å². The number of carbonyl (C=O) groups excluding carboxylic acids is 2. The fraction of sp³-hybridized carbons (Fsp3) is 0.619. The van der Waals surface area contributed by atoms with Crippen molar-refractivity contribution in [3.05, 3.63) is 34.2 Å². The number of allylic oxidation sites excluding steroid dienone is 3. The third-order valence-corrected chi connectivity index (χ3v) is 8.06. The summed E-state index contributed by atoms with van der Waals surface area (Å²) in [6.07, 6.45) is 10.2. The van der Waals surface area contributed by atoms with E-state index in [0.29, 0.717) is 36.4 Å². The smallest absolute Gasteiger partial charge is 0.178 e. The van der Waals surface area contributed by atoms with Crippen LogP contribution in [0.1, 0.15) is 45.4 Å². The summed E-state index contributed by atoms with van der Waals surface area (Å²) in [7, 11) is 0. The molecule has 0 aromatic carbocycles. The Kier molecular flexibility index (Phi) is 4.72. The molecule has 0 aliphatic heterocycles. The Morgan fingerprint density at radius 2 is 2.19 bits per heavy atom. The highest BCUT2D eigenvalue weighted by molar-refractivity contribution is 14.1. The topological polar surface area (TPSA) is 82.9 Å². The number of Topliss-reactive ketones (excluding diaryl/α,β-unsaturated/α-hetero) is 1. The molecule has 140 valence electrons. The van der Waals surface area contributed by atoms with Crippen LogP contribution in [0, 0.1) is 38.4 Å². The van der Waals surface area contributed by atoms with Gasteiger partial charge in [-0.15, -0.1) is 0 Å². The average Bonchev–Trinajstić information content (AvgIpc) is 2.96. The summed E-state index contributed by atoms with van der Waals surface area (Å²) in [4.78, 5) is 27.8. The van der Waals surface area contributed by atoms with Crippen LogP contribution >= 0.6 is 22.6 Å². The molecule has 0 heterocycles. The Hall–Kier alpha value is -1.58. The van der Waals surface area contributed by atoms with E-state index in [1.54, 1.807) is 12.2 Å². The predicted molar refractivity (Wildman–Crippen MR) is 111 cm³/mol. The summed E-state index contributed by atoms with van der Waals surface area (Å²) < 4.78 is 2.97. The van der Waals surface area contributed by atoms with E-state index in [1.807, 2.05) is 28.7 Å². The van der Waals surface area contributed by atoms with Gasteiger partial charge in [-0.1, -0.05) is 24.0 Å². The van der Waals surface area contributed by atoms with Crippen molar-refractivity contribution in [1.29, 1.82) is 0 Å². The van der Waals surface area contributed by atoms with Gasteiger partial charge in [-0.25, -0.2) is 0 Å². The van der Waals surface area contributed by atoms with E-state index in [0.717, 1.165) is 31.3 Å². The Bertz CT molecular complexity index is 876. The quantitative estimate of drug-likeness (QED) is 0.187. The van der Waals surface area contributed by atoms with Crippen molar-refractivity contribution >= 4 is 34.2 Å². The molecular formula is C21H22IN3O2. The molecule has 3 fully saturated rings. The number of rotatable bonds is 2. The van der Waals surface area contributed by atoms with Crippen LogP contribution in [0.2, 0.25) is 0 Å². The number of nitrogens with zero attached hydrogens (tertiary/aromatic N) is 3. The zero-order valence-electron chi connectivity index (χ0n) is 15.3. The van der Waals surface area contributed by atoms with E-state index in [2.05, 4.69) is 26.8 Å². The van der Waals surface area contributed by atoms with Crippen LogP contribution in [-0.2, 0) is 9.59 Å². The lowest BCUT2D eigenvalue weighted by Gasteiger charge is -2.57. The van der Waals surface area contributed by atoms with E-state index in [1.165, 1.54) is 0 Å². The SMILES string of the molecule is C[C@]12CC[C@H]3[C@@H](C[C@H](N=[N+]=[N-])C4=CC(=O)C=C[C@@]43CC#CI)[C@@H]1CCC2=O. The van der Waals surface area contributed by atoms with E-state index in [4.69, 9.17) is 5.53 Å². The first kappa shape index (κ1) is 18.8. The maximum atomic E-state index is 12.6. The van der Waals surface area contributed by atoms with Crippen molar-refractivity contribution < 1.29 is 9.59 Å². The monoisotopic (exact) mass is 475 g/mol. The molecule has 27 heavy (non-hydrogen) atoms. The normalized spacial score (nSPS) is 42.1. The van der Waals surface area contributed by atoms with Crippen LogP contribution in [0.5, 0.6) is 0 Å². The molecule has 0 radical (unpaired) electrons. The molecule has 0 aromatic rings. The average molecular weight is 475 g/mol. The first-order chi connectivity index (χ1) is 13.0. The third-order valence-electron chi connectivity index (χ3n) is 7.68. The summed E-state index contributed by atoms with van der Waals surface area (Å²) in [5.41, 5.74) is 9.48. The number of carbonyl (C=O) groups is 2. The molecule has 4 rings (SSSR count). The standard InChI is InChI=1S/C21H22IN3O2/c1-20-8-6-16-14(15(20)3-4-19(20)27)12-18(24-25-23)17-11-13(26)5-9-21(16,17)7-2-10-22/h5,9,11,14-16,18H,3-4,6-8,12H2,1H3/t14-,15-,16-,18-,20-,21+/m0/s1. The summed E-state index contributed by atoms with van der Waals surface area (Å²) in [5, 5.41) is 4.09. The second kappa shape index (κ2) is 6.79. The van der Waals surface area contributed by atoms with E-state index >= 15 is 0 Å². The van der Waals surface area contributed by atoms with Crippen LogP contribution in [0.3, 0.4) is 0 Å². The molecule has 6 heteroatoms. The molecule has 0 N–H and O–H groups in total. The molecular weight excluding hydrogens is 453 g/mol. The second-order valence-electron chi connectivity index (χ2n) is 8.58.